The Hall–Kier alpha value is -1.58. The maximum absolute atomic E-state index is 12.9. The lowest BCUT2D eigenvalue weighted by Gasteiger charge is -2.30. The van der Waals surface area contributed by atoms with Gasteiger partial charge in [-0.3, -0.25) is 9.59 Å². The van der Waals surface area contributed by atoms with Gasteiger partial charge in [-0.25, -0.2) is 8.42 Å². The van der Waals surface area contributed by atoms with Crippen LogP contribution < -0.4 is 5.32 Å². The largest absolute Gasteiger partial charge is 0.324 e. The number of fused-ring (bicyclic) bond motifs is 1. The zero-order chi connectivity index (χ0) is 20.8. The predicted octanol–water partition coefficient (Wildman–Crippen LogP) is 2.50. The van der Waals surface area contributed by atoms with Gasteiger partial charge in [0, 0.05) is 31.0 Å². The highest BCUT2D eigenvalue weighted by molar-refractivity contribution is 8.01. The maximum Gasteiger partial charge on any atom is 0.248 e. The monoisotopic (exact) mass is 437 g/mol. The van der Waals surface area contributed by atoms with Crippen LogP contribution in [0.5, 0.6) is 0 Å². The number of hydrogen-bond donors (Lipinski definition) is 1. The Balaban J connectivity index is 1.45. The quantitative estimate of drug-likeness (QED) is 0.782. The minimum atomic E-state index is -3.52. The third-order valence-electron chi connectivity index (χ3n) is 6.13. The van der Waals surface area contributed by atoms with E-state index in [1.165, 1.54) is 0 Å². The Kier molecular flexibility index (Phi) is 5.41. The van der Waals surface area contributed by atoms with Crippen molar-refractivity contribution < 1.29 is 18.0 Å². The van der Waals surface area contributed by atoms with Gasteiger partial charge in [0.05, 0.1) is 9.77 Å². The molecule has 0 aromatic heterocycles. The number of piperidine rings is 1. The van der Waals surface area contributed by atoms with Crippen LogP contribution >= 0.6 is 11.8 Å². The number of nitrogens with one attached hydrogen (secondary N) is 1. The van der Waals surface area contributed by atoms with E-state index in [0.29, 0.717) is 36.9 Å². The molecule has 1 N–H and O–H groups in total. The molecule has 158 valence electrons. The summed E-state index contributed by atoms with van der Waals surface area (Å²) < 4.78 is 27.3. The number of anilines is 1. The van der Waals surface area contributed by atoms with Crippen LogP contribution in [0.2, 0.25) is 0 Å². The number of thioether (sulfide) groups is 1. The van der Waals surface area contributed by atoms with E-state index in [-0.39, 0.29) is 21.6 Å². The van der Waals surface area contributed by atoms with Gasteiger partial charge in [0.2, 0.25) is 21.8 Å². The number of hydrogen-bond acceptors (Lipinski definition) is 5. The molecule has 1 aromatic carbocycles. The molecule has 7 nitrogen and oxygen atoms in total. The van der Waals surface area contributed by atoms with E-state index in [1.807, 2.05) is 6.92 Å². The lowest BCUT2D eigenvalue weighted by Crippen LogP contribution is -2.48. The molecule has 2 amide bonds. The van der Waals surface area contributed by atoms with Gasteiger partial charge in [-0.05, 0) is 56.4 Å². The molecule has 4 rings (SSSR count). The summed E-state index contributed by atoms with van der Waals surface area (Å²) >= 11 is 1.65. The van der Waals surface area contributed by atoms with Crippen LogP contribution in [-0.4, -0.2) is 59.2 Å². The topological polar surface area (TPSA) is 86.8 Å². The summed E-state index contributed by atoms with van der Waals surface area (Å²) in [4.78, 5) is 26.6. The normalized spacial score (nSPS) is 30.4. The van der Waals surface area contributed by atoms with Crippen LogP contribution in [0.3, 0.4) is 0 Å². The first-order valence-electron chi connectivity index (χ1n) is 10.1. The van der Waals surface area contributed by atoms with Gasteiger partial charge in [0.15, 0.2) is 0 Å². The van der Waals surface area contributed by atoms with Crippen LogP contribution in [0.4, 0.5) is 5.69 Å². The summed E-state index contributed by atoms with van der Waals surface area (Å²) in [5, 5.41) is 2.84. The molecule has 3 atom stereocenters. The highest BCUT2D eigenvalue weighted by atomic mass is 32.2. The Morgan fingerprint density at radius 3 is 2.69 bits per heavy atom. The van der Waals surface area contributed by atoms with E-state index in [2.05, 4.69) is 12.2 Å². The van der Waals surface area contributed by atoms with E-state index < -0.39 is 16.1 Å². The lowest BCUT2D eigenvalue weighted by atomic mass is 10.0. The van der Waals surface area contributed by atoms with Crippen molar-refractivity contribution in [3.8, 4) is 0 Å². The standard InChI is InChI=1S/C20H27N3O4S2/c1-14-4-3-11-22(12-14)29(26,27)16-7-5-15(6-8-16)21-19(25)17-13-28-20(2)10-9-18(24)23(17)20/h5-8,14,17H,3-4,9-13H2,1-2H3,(H,21,25)/t14-,17+,20-/m1/s1. The van der Waals surface area contributed by atoms with Crippen LogP contribution in [0.1, 0.15) is 39.5 Å². The molecular formula is C20H27N3O4S2. The first-order chi connectivity index (χ1) is 13.7. The summed E-state index contributed by atoms with van der Waals surface area (Å²) in [7, 11) is -3.52. The average molecular weight is 438 g/mol. The van der Waals surface area contributed by atoms with Crippen molar-refractivity contribution in [2.24, 2.45) is 5.92 Å². The third-order valence-corrected chi connectivity index (χ3v) is 9.51. The van der Waals surface area contributed by atoms with Crippen molar-refractivity contribution in [1.82, 2.24) is 9.21 Å². The van der Waals surface area contributed by atoms with E-state index in [1.54, 1.807) is 45.2 Å². The average Bonchev–Trinajstić information content (AvgIpc) is 3.18. The van der Waals surface area contributed by atoms with Crippen LogP contribution in [0.25, 0.3) is 0 Å². The molecule has 0 unspecified atom stereocenters. The highest BCUT2D eigenvalue weighted by Gasteiger charge is 2.52. The van der Waals surface area contributed by atoms with Gasteiger partial charge >= 0.3 is 0 Å². The second-order valence-electron chi connectivity index (χ2n) is 8.39. The Morgan fingerprint density at radius 2 is 2.00 bits per heavy atom. The number of amides is 2. The molecule has 3 saturated heterocycles. The first kappa shape index (κ1) is 20.7. The van der Waals surface area contributed by atoms with E-state index in [0.717, 1.165) is 19.3 Å². The number of rotatable bonds is 4. The van der Waals surface area contributed by atoms with E-state index in [4.69, 9.17) is 0 Å². The van der Waals surface area contributed by atoms with Gasteiger partial charge in [-0.15, -0.1) is 11.8 Å². The van der Waals surface area contributed by atoms with E-state index >= 15 is 0 Å². The lowest BCUT2D eigenvalue weighted by molar-refractivity contribution is -0.135. The van der Waals surface area contributed by atoms with Crippen molar-refractivity contribution >= 4 is 39.3 Å². The predicted molar refractivity (Wildman–Crippen MR) is 113 cm³/mol. The van der Waals surface area contributed by atoms with Gasteiger partial charge in [-0.2, -0.15) is 4.31 Å². The molecule has 0 radical (unpaired) electrons. The molecule has 1 aromatic rings. The van der Waals surface area contributed by atoms with Gasteiger partial charge in [0.1, 0.15) is 6.04 Å². The maximum atomic E-state index is 12.9. The molecule has 3 aliphatic rings. The molecule has 0 spiro atoms. The molecule has 0 bridgehead atoms. The fraction of sp³-hybridized carbons (Fsp3) is 0.600. The van der Waals surface area contributed by atoms with Gasteiger partial charge in [-0.1, -0.05) is 6.92 Å². The first-order valence-corrected chi connectivity index (χ1v) is 12.5. The zero-order valence-electron chi connectivity index (χ0n) is 16.8. The smallest absolute Gasteiger partial charge is 0.248 e. The summed E-state index contributed by atoms with van der Waals surface area (Å²) in [5.41, 5.74) is 0.534. The Morgan fingerprint density at radius 1 is 1.28 bits per heavy atom. The fourth-order valence-corrected chi connectivity index (χ4v) is 7.49. The molecule has 0 saturated carbocycles. The summed E-state index contributed by atoms with van der Waals surface area (Å²) in [6.45, 7) is 5.17. The minimum Gasteiger partial charge on any atom is -0.324 e. The van der Waals surface area contributed by atoms with Crippen LogP contribution in [0.15, 0.2) is 29.2 Å². The number of carbonyl (C=O) groups is 2. The van der Waals surface area contributed by atoms with E-state index in [9.17, 15) is 18.0 Å². The highest BCUT2D eigenvalue weighted by Crippen LogP contribution is 2.47. The van der Waals surface area contributed by atoms with Crippen LogP contribution in [-0.2, 0) is 19.6 Å². The molecular weight excluding hydrogens is 410 g/mol. The fourth-order valence-electron chi connectivity index (χ4n) is 4.46. The second-order valence-corrected chi connectivity index (χ2v) is 11.8. The van der Waals surface area contributed by atoms with Gasteiger partial charge in [0.25, 0.3) is 0 Å². The number of sulfonamides is 1. The van der Waals surface area contributed by atoms with Crippen molar-refractivity contribution in [3.63, 3.8) is 0 Å². The summed E-state index contributed by atoms with van der Waals surface area (Å²) in [6.07, 6.45) is 3.17. The summed E-state index contributed by atoms with van der Waals surface area (Å²) in [6, 6.07) is 5.83. The summed E-state index contributed by atoms with van der Waals surface area (Å²) in [5.74, 6) is 0.736. The van der Waals surface area contributed by atoms with Crippen molar-refractivity contribution in [1.29, 1.82) is 0 Å². The number of nitrogens with zero attached hydrogens (tertiary/aromatic N) is 2. The minimum absolute atomic E-state index is 0.0230. The van der Waals surface area contributed by atoms with Crippen LogP contribution in [0, 0.1) is 5.92 Å². The third kappa shape index (κ3) is 3.80. The number of carbonyl (C=O) groups excluding carboxylic acids is 2. The second kappa shape index (κ2) is 7.59. The molecule has 29 heavy (non-hydrogen) atoms. The van der Waals surface area contributed by atoms with Crippen molar-refractivity contribution in [2.75, 3.05) is 24.2 Å². The zero-order valence-corrected chi connectivity index (χ0v) is 18.4. The number of benzene rings is 1. The molecule has 3 fully saturated rings. The SMILES string of the molecule is C[C@@H]1CCCN(S(=O)(=O)c2ccc(NC(=O)[C@@H]3CS[C@]4(C)CCC(=O)N34)cc2)C1. The molecule has 3 aliphatic heterocycles. The van der Waals surface area contributed by atoms with Crippen molar-refractivity contribution in [2.45, 2.75) is 55.3 Å². The Labute approximate surface area is 176 Å². The van der Waals surface area contributed by atoms with Crippen molar-refractivity contribution in [3.05, 3.63) is 24.3 Å². The van der Waals surface area contributed by atoms with Gasteiger partial charge < -0.3 is 10.2 Å². The Bertz CT molecular complexity index is 918. The molecule has 3 heterocycles. The molecule has 0 aliphatic carbocycles. The molecule has 9 heteroatoms.